The number of ether oxygens (including phenoxy) is 2. The molecule has 0 aliphatic carbocycles. The molecule has 0 aromatic heterocycles. The van der Waals surface area contributed by atoms with Crippen molar-refractivity contribution >= 4 is 0 Å². The Bertz CT molecular complexity index is 170. The Morgan fingerprint density at radius 1 is 0.444 bits per heavy atom. The standard InChI is InChI=1S/C16H30O2/c1-2-4-6-8-10-14-18-16-12-11-15-17-13-9-7-5-3-1/h11-12H,1-10,13-16H2. The molecule has 0 aromatic rings. The molecule has 1 aliphatic heterocycles. The first-order valence-corrected chi connectivity index (χ1v) is 7.80. The first-order chi connectivity index (χ1) is 9.00. The lowest BCUT2D eigenvalue weighted by Crippen LogP contribution is -1.97. The Balaban J connectivity index is 2.06. The van der Waals surface area contributed by atoms with E-state index >= 15 is 0 Å². The fraction of sp³-hybridized carbons (Fsp3) is 0.875. The van der Waals surface area contributed by atoms with Gasteiger partial charge in [0, 0.05) is 13.2 Å². The summed E-state index contributed by atoms with van der Waals surface area (Å²) in [6, 6.07) is 0. The Labute approximate surface area is 113 Å². The van der Waals surface area contributed by atoms with E-state index in [4.69, 9.17) is 9.47 Å². The molecule has 2 nitrogen and oxygen atoms in total. The Morgan fingerprint density at radius 3 is 1.17 bits per heavy atom. The molecule has 0 radical (unpaired) electrons. The lowest BCUT2D eigenvalue weighted by molar-refractivity contribution is 0.148. The van der Waals surface area contributed by atoms with Crippen LogP contribution in [0.25, 0.3) is 0 Å². The van der Waals surface area contributed by atoms with Gasteiger partial charge in [-0.3, -0.25) is 0 Å². The summed E-state index contributed by atoms with van der Waals surface area (Å²) in [6.07, 6.45) is 17.6. The number of hydrogen-bond acceptors (Lipinski definition) is 2. The molecule has 1 heterocycles. The summed E-state index contributed by atoms with van der Waals surface area (Å²) in [5.74, 6) is 0. The largest absolute Gasteiger partial charge is 0.377 e. The summed E-state index contributed by atoms with van der Waals surface area (Å²) >= 11 is 0. The average molecular weight is 254 g/mol. The predicted octanol–water partition coefficient (Wildman–Crippen LogP) is 4.49. The normalized spacial score (nSPS) is 23.1. The molecule has 1 aliphatic rings. The highest BCUT2D eigenvalue weighted by Gasteiger charge is 1.94. The van der Waals surface area contributed by atoms with Crippen molar-refractivity contribution < 1.29 is 9.47 Å². The van der Waals surface area contributed by atoms with E-state index in [-0.39, 0.29) is 0 Å². The summed E-state index contributed by atoms with van der Waals surface area (Å²) in [7, 11) is 0. The van der Waals surface area contributed by atoms with Crippen LogP contribution in [0.3, 0.4) is 0 Å². The van der Waals surface area contributed by atoms with Gasteiger partial charge >= 0.3 is 0 Å². The monoisotopic (exact) mass is 254 g/mol. The van der Waals surface area contributed by atoms with Crippen LogP contribution >= 0.6 is 0 Å². The van der Waals surface area contributed by atoms with Gasteiger partial charge in [0.1, 0.15) is 0 Å². The minimum absolute atomic E-state index is 0.739. The Hall–Kier alpha value is -0.340. The van der Waals surface area contributed by atoms with Gasteiger partial charge in [0.05, 0.1) is 13.2 Å². The molecule has 0 saturated carbocycles. The van der Waals surface area contributed by atoms with Crippen molar-refractivity contribution in [2.75, 3.05) is 26.4 Å². The van der Waals surface area contributed by atoms with Crippen LogP contribution in [-0.2, 0) is 9.47 Å². The smallest absolute Gasteiger partial charge is 0.0648 e. The van der Waals surface area contributed by atoms with Crippen LogP contribution in [0.2, 0.25) is 0 Å². The van der Waals surface area contributed by atoms with Crippen molar-refractivity contribution in [3.8, 4) is 0 Å². The van der Waals surface area contributed by atoms with Crippen LogP contribution < -0.4 is 0 Å². The fourth-order valence-corrected chi connectivity index (χ4v) is 2.26. The minimum Gasteiger partial charge on any atom is -0.377 e. The summed E-state index contributed by atoms with van der Waals surface area (Å²) < 4.78 is 11.1. The Morgan fingerprint density at radius 2 is 0.778 bits per heavy atom. The lowest BCUT2D eigenvalue weighted by Gasteiger charge is -2.05. The van der Waals surface area contributed by atoms with Gasteiger partial charge in [0.15, 0.2) is 0 Å². The predicted molar refractivity (Wildman–Crippen MR) is 76.9 cm³/mol. The lowest BCUT2D eigenvalue weighted by atomic mass is 10.1. The van der Waals surface area contributed by atoms with Gasteiger partial charge in [0.25, 0.3) is 0 Å². The summed E-state index contributed by atoms with van der Waals surface area (Å²) in [5, 5.41) is 0. The first kappa shape index (κ1) is 15.7. The zero-order valence-corrected chi connectivity index (χ0v) is 11.9. The number of hydrogen-bond donors (Lipinski definition) is 0. The maximum Gasteiger partial charge on any atom is 0.0648 e. The van der Waals surface area contributed by atoms with E-state index in [0.717, 1.165) is 26.4 Å². The zero-order valence-electron chi connectivity index (χ0n) is 11.9. The molecule has 0 N–H and O–H groups in total. The second-order valence-electron chi connectivity index (χ2n) is 5.16. The van der Waals surface area contributed by atoms with Crippen molar-refractivity contribution in [2.24, 2.45) is 0 Å². The van der Waals surface area contributed by atoms with Gasteiger partial charge in [0.2, 0.25) is 0 Å². The molecule has 0 atom stereocenters. The van der Waals surface area contributed by atoms with E-state index in [9.17, 15) is 0 Å². The quantitative estimate of drug-likeness (QED) is 0.593. The molecule has 0 unspecified atom stereocenters. The van der Waals surface area contributed by atoms with Crippen molar-refractivity contribution in [2.45, 2.75) is 64.2 Å². The highest BCUT2D eigenvalue weighted by Crippen LogP contribution is 2.10. The zero-order chi connectivity index (χ0) is 12.7. The van der Waals surface area contributed by atoms with Crippen molar-refractivity contribution in [1.29, 1.82) is 0 Å². The average Bonchev–Trinajstić information content (AvgIpc) is 2.39. The molecule has 0 aromatic carbocycles. The van der Waals surface area contributed by atoms with Crippen LogP contribution in [0.5, 0.6) is 0 Å². The highest BCUT2D eigenvalue weighted by molar-refractivity contribution is 4.81. The van der Waals surface area contributed by atoms with E-state index in [2.05, 4.69) is 12.2 Å². The SMILES string of the molecule is C1=CCOCCCCCCCCCCCCOC1. The van der Waals surface area contributed by atoms with E-state index in [0.29, 0.717) is 0 Å². The summed E-state index contributed by atoms with van der Waals surface area (Å²) in [4.78, 5) is 0. The van der Waals surface area contributed by atoms with Crippen LogP contribution in [0.4, 0.5) is 0 Å². The van der Waals surface area contributed by atoms with Gasteiger partial charge in [-0.2, -0.15) is 0 Å². The minimum atomic E-state index is 0.739. The number of rotatable bonds is 0. The van der Waals surface area contributed by atoms with Gasteiger partial charge in [-0.25, -0.2) is 0 Å². The third-order valence-electron chi connectivity index (χ3n) is 3.42. The molecule has 0 amide bonds. The summed E-state index contributed by atoms with van der Waals surface area (Å²) in [5.41, 5.74) is 0. The van der Waals surface area contributed by atoms with Crippen LogP contribution in [-0.4, -0.2) is 26.4 Å². The topological polar surface area (TPSA) is 18.5 Å². The molecular weight excluding hydrogens is 224 g/mol. The van der Waals surface area contributed by atoms with Gasteiger partial charge < -0.3 is 9.47 Å². The molecule has 0 fully saturated rings. The second-order valence-corrected chi connectivity index (χ2v) is 5.16. The fourth-order valence-electron chi connectivity index (χ4n) is 2.26. The molecule has 1 rings (SSSR count). The molecule has 0 bridgehead atoms. The molecule has 0 spiro atoms. The van der Waals surface area contributed by atoms with Gasteiger partial charge in [-0.15, -0.1) is 0 Å². The maximum absolute atomic E-state index is 5.54. The molecular formula is C16H30O2. The van der Waals surface area contributed by atoms with Crippen LogP contribution in [0.1, 0.15) is 64.2 Å². The van der Waals surface area contributed by atoms with E-state index < -0.39 is 0 Å². The Kier molecular flexibility index (Phi) is 11.4. The third kappa shape index (κ3) is 10.8. The molecule has 106 valence electrons. The maximum atomic E-state index is 5.54. The molecule has 0 saturated heterocycles. The van der Waals surface area contributed by atoms with E-state index in [1.54, 1.807) is 0 Å². The third-order valence-corrected chi connectivity index (χ3v) is 3.42. The molecule has 18 heavy (non-hydrogen) atoms. The highest BCUT2D eigenvalue weighted by atomic mass is 16.5. The van der Waals surface area contributed by atoms with Crippen LogP contribution in [0, 0.1) is 0 Å². The van der Waals surface area contributed by atoms with Crippen LogP contribution in [0.15, 0.2) is 12.2 Å². The summed E-state index contributed by atoms with van der Waals surface area (Å²) in [6.45, 7) is 3.29. The van der Waals surface area contributed by atoms with Crippen molar-refractivity contribution in [3.05, 3.63) is 12.2 Å². The second kappa shape index (κ2) is 13.1. The van der Waals surface area contributed by atoms with Crippen molar-refractivity contribution in [1.82, 2.24) is 0 Å². The van der Waals surface area contributed by atoms with Gasteiger partial charge in [-0.05, 0) is 12.8 Å². The van der Waals surface area contributed by atoms with E-state index in [1.807, 2.05) is 0 Å². The van der Waals surface area contributed by atoms with Gasteiger partial charge in [-0.1, -0.05) is 63.5 Å². The first-order valence-electron chi connectivity index (χ1n) is 7.80. The molecule has 2 heteroatoms. The van der Waals surface area contributed by atoms with E-state index in [1.165, 1.54) is 64.2 Å². The van der Waals surface area contributed by atoms with Crippen molar-refractivity contribution in [3.63, 3.8) is 0 Å².